The average molecular weight is 325 g/mol. The molecule has 0 amide bonds. The van der Waals surface area contributed by atoms with Crippen molar-refractivity contribution in [2.24, 2.45) is 0 Å². The van der Waals surface area contributed by atoms with Crippen molar-refractivity contribution in [3.05, 3.63) is 59.7 Å². The van der Waals surface area contributed by atoms with E-state index in [1.165, 1.54) is 0 Å². The van der Waals surface area contributed by atoms with Crippen molar-refractivity contribution in [1.82, 2.24) is 20.6 Å². The van der Waals surface area contributed by atoms with Gasteiger partial charge in [-0.05, 0) is 35.4 Å². The molecular formula is C17H19N5O2. The quantitative estimate of drug-likeness (QED) is 0.662. The van der Waals surface area contributed by atoms with E-state index in [1.807, 2.05) is 55.5 Å². The Kier molecular flexibility index (Phi) is 5.24. The van der Waals surface area contributed by atoms with Crippen LogP contribution in [0.2, 0.25) is 0 Å². The van der Waals surface area contributed by atoms with E-state index in [1.54, 1.807) is 0 Å². The monoisotopic (exact) mass is 325 g/mol. The number of nitrogens with one attached hydrogen (secondary N) is 2. The molecule has 0 atom stereocenters. The zero-order valence-electron chi connectivity index (χ0n) is 13.4. The molecule has 0 saturated heterocycles. The highest BCUT2D eigenvalue weighted by atomic mass is 16.5. The van der Waals surface area contributed by atoms with E-state index in [4.69, 9.17) is 9.47 Å². The smallest absolute Gasteiger partial charge is 0.263 e. The maximum Gasteiger partial charge on any atom is 0.263 e. The molecular weight excluding hydrogens is 306 g/mol. The molecule has 24 heavy (non-hydrogen) atoms. The number of benzene rings is 2. The third kappa shape index (κ3) is 4.22. The van der Waals surface area contributed by atoms with Crippen LogP contribution < -0.4 is 14.8 Å². The second-order valence-electron chi connectivity index (χ2n) is 5.08. The molecule has 124 valence electrons. The van der Waals surface area contributed by atoms with Gasteiger partial charge in [0.1, 0.15) is 6.61 Å². The van der Waals surface area contributed by atoms with E-state index in [9.17, 15) is 0 Å². The summed E-state index contributed by atoms with van der Waals surface area (Å²) in [6, 6.07) is 15.9. The molecule has 0 unspecified atom stereocenters. The summed E-state index contributed by atoms with van der Waals surface area (Å²) in [6.45, 7) is 3.59. The van der Waals surface area contributed by atoms with E-state index in [-0.39, 0.29) is 0 Å². The SMILES string of the molecule is CCOc1cc(CNc2nn[nH]n2)ccc1OCc1ccccc1. The predicted octanol–water partition coefficient (Wildman–Crippen LogP) is 2.79. The molecule has 3 rings (SSSR count). The molecule has 0 bridgehead atoms. The number of rotatable bonds is 8. The zero-order chi connectivity index (χ0) is 16.6. The lowest BCUT2D eigenvalue weighted by Crippen LogP contribution is -2.04. The van der Waals surface area contributed by atoms with Crippen LogP contribution >= 0.6 is 0 Å². The maximum atomic E-state index is 5.90. The first-order valence-corrected chi connectivity index (χ1v) is 7.75. The van der Waals surface area contributed by atoms with E-state index < -0.39 is 0 Å². The van der Waals surface area contributed by atoms with Crippen LogP contribution in [-0.4, -0.2) is 27.2 Å². The molecule has 0 aliphatic heterocycles. The van der Waals surface area contributed by atoms with Crippen molar-refractivity contribution in [2.45, 2.75) is 20.1 Å². The topological polar surface area (TPSA) is 85.0 Å². The fourth-order valence-electron chi connectivity index (χ4n) is 2.20. The number of aromatic nitrogens is 4. The van der Waals surface area contributed by atoms with Crippen molar-refractivity contribution in [3.63, 3.8) is 0 Å². The van der Waals surface area contributed by atoms with E-state index in [0.29, 0.717) is 25.7 Å². The number of hydrogen-bond acceptors (Lipinski definition) is 6. The summed E-state index contributed by atoms with van der Waals surface area (Å²) < 4.78 is 11.6. The van der Waals surface area contributed by atoms with Gasteiger partial charge in [0.25, 0.3) is 5.95 Å². The molecule has 0 fully saturated rings. The summed E-state index contributed by atoms with van der Waals surface area (Å²) in [7, 11) is 0. The molecule has 1 aromatic heterocycles. The molecule has 2 aromatic carbocycles. The number of anilines is 1. The Hall–Kier alpha value is -3.09. The number of nitrogens with zero attached hydrogens (tertiary/aromatic N) is 3. The van der Waals surface area contributed by atoms with Gasteiger partial charge in [-0.15, -0.1) is 5.10 Å². The van der Waals surface area contributed by atoms with Crippen LogP contribution in [-0.2, 0) is 13.2 Å². The van der Waals surface area contributed by atoms with Crippen molar-refractivity contribution in [2.75, 3.05) is 11.9 Å². The van der Waals surface area contributed by atoms with Gasteiger partial charge in [0.2, 0.25) is 0 Å². The summed E-state index contributed by atoms with van der Waals surface area (Å²) in [5.41, 5.74) is 2.15. The first-order chi connectivity index (χ1) is 11.8. The van der Waals surface area contributed by atoms with Crippen LogP contribution in [0.1, 0.15) is 18.1 Å². The van der Waals surface area contributed by atoms with E-state index >= 15 is 0 Å². The highest BCUT2D eigenvalue weighted by Gasteiger charge is 2.08. The minimum atomic E-state index is 0.456. The zero-order valence-corrected chi connectivity index (χ0v) is 13.4. The van der Waals surface area contributed by atoms with E-state index in [2.05, 4.69) is 25.9 Å². The molecule has 3 aromatic rings. The molecule has 0 spiro atoms. The second-order valence-corrected chi connectivity index (χ2v) is 5.08. The van der Waals surface area contributed by atoms with Crippen LogP contribution in [0.15, 0.2) is 48.5 Å². The highest BCUT2D eigenvalue weighted by molar-refractivity contribution is 5.44. The van der Waals surface area contributed by atoms with Gasteiger partial charge in [-0.25, -0.2) is 0 Å². The Morgan fingerprint density at radius 2 is 1.88 bits per heavy atom. The highest BCUT2D eigenvalue weighted by Crippen LogP contribution is 2.29. The fraction of sp³-hybridized carbons (Fsp3) is 0.235. The lowest BCUT2D eigenvalue weighted by Gasteiger charge is -2.13. The first-order valence-electron chi connectivity index (χ1n) is 7.75. The molecule has 7 nitrogen and oxygen atoms in total. The van der Waals surface area contributed by atoms with Crippen molar-refractivity contribution in [3.8, 4) is 11.5 Å². The second kappa shape index (κ2) is 7.96. The summed E-state index contributed by atoms with van der Waals surface area (Å²) in [5, 5.41) is 16.7. The molecule has 0 aliphatic carbocycles. The van der Waals surface area contributed by atoms with Gasteiger partial charge in [0.05, 0.1) is 6.61 Å². The Labute approximate surface area is 140 Å². The molecule has 0 saturated carbocycles. The van der Waals surface area contributed by atoms with Gasteiger partial charge in [-0.2, -0.15) is 5.21 Å². The van der Waals surface area contributed by atoms with Crippen LogP contribution in [0, 0.1) is 0 Å². The van der Waals surface area contributed by atoms with Gasteiger partial charge in [0.15, 0.2) is 11.5 Å². The molecule has 7 heteroatoms. The molecule has 1 heterocycles. The Bertz CT molecular complexity index is 747. The molecule has 0 aliphatic rings. The number of hydrogen-bond donors (Lipinski definition) is 2. The largest absolute Gasteiger partial charge is 0.490 e. The maximum absolute atomic E-state index is 5.90. The van der Waals surface area contributed by atoms with E-state index in [0.717, 1.165) is 22.6 Å². The summed E-state index contributed by atoms with van der Waals surface area (Å²) >= 11 is 0. The summed E-state index contributed by atoms with van der Waals surface area (Å²) in [4.78, 5) is 0. The lowest BCUT2D eigenvalue weighted by molar-refractivity contribution is 0.269. The minimum absolute atomic E-state index is 0.456. The summed E-state index contributed by atoms with van der Waals surface area (Å²) in [6.07, 6.45) is 0. The number of H-pyrrole nitrogens is 1. The van der Waals surface area contributed by atoms with Gasteiger partial charge in [-0.1, -0.05) is 41.5 Å². The summed E-state index contributed by atoms with van der Waals surface area (Å²) in [5.74, 6) is 1.90. The van der Waals surface area contributed by atoms with Crippen LogP contribution in [0.25, 0.3) is 0 Å². The molecule has 0 radical (unpaired) electrons. The number of tetrazole rings is 1. The Morgan fingerprint density at radius 3 is 2.62 bits per heavy atom. The lowest BCUT2D eigenvalue weighted by atomic mass is 10.2. The third-order valence-electron chi connectivity index (χ3n) is 3.34. The Balaban J connectivity index is 1.67. The standard InChI is InChI=1S/C17H19N5O2/c1-2-23-16-10-14(11-18-17-19-21-22-20-17)8-9-15(16)24-12-13-6-4-3-5-7-13/h3-10H,2,11-12H2,1H3,(H2,18,19,20,21,22). The van der Waals surface area contributed by atoms with Gasteiger partial charge < -0.3 is 14.8 Å². The first kappa shape index (κ1) is 15.8. The predicted molar refractivity (Wildman–Crippen MR) is 89.9 cm³/mol. The van der Waals surface area contributed by atoms with Crippen LogP contribution in [0.3, 0.4) is 0 Å². The normalized spacial score (nSPS) is 10.4. The fourth-order valence-corrected chi connectivity index (χ4v) is 2.20. The van der Waals surface area contributed by atoms with Gasteiger partial charge in [0, 0.05) is 6.54 Å². The third-order valence-corrected chi connectivity index (χ3v) is 3.34. The minimum Gasteiger partial charge on any atom is -0.490 e. The van der Waals surface area contributed by atoms with Crippen molar-refractivity contribution >= 4 is 5.95 Å². The number of ether oxygens (including phenoxy) is 2. The molecule has 2 N–H and O–H groups in total. The number of aromatic amines is 1. The van der Waals surface area contributed by atoms with Gasteiger partial charge in [-0.3, -0.25) is 0 Å². The van der Waals surface area contributed by atoms with Gasteiger partial charge >= 0.3 is 0 Å². The van der Waals surface area contributed by atoms with Crippen LogP contribution in [0.4, 0.5) is 5.95 Å². The van der Waals surface area contributed by atoms with Crippen molar-refractivity contribution < 1.29 is 9.47 Å². The average Bonchev–Trinajstić information content (AvgIpc) is 3.14. The Morgan fingerprint density at radius 1 is 1.00 bits per heavy atom. The van der Waals surface area contributed by atoms with Crippen LogP contribution in [0.5, 0.6) is 11.5 Å². The van der Waals surface area contributed by atoms with Crippen molar-refractivity contribution in [1.29, 1.82) is 0 Å².